The van der Waals surface area contributed by atoms with Gasteiger partial charge in [-0.25, -0.2) is 4.79 Å². The molecule has 1 fully saturated rings. The number of hydrogen-bond donors (Lipinski definition) is 1. The minimum Gasteiger partial charge on any atom is -0.462 e. The Morgan fingerprint density at radius 1 is 1.33 bits per heavy atom. The van der Waals surface area contributed by atoms with Gasteiger partial charge in [-0.3, -0.25) is 9.59 Å². The Kier molecular flexibility index (Phi) is 5.95. The number of rotatable bonds is 6. The SMILES string of the molecule is CCOC(=O)c1ccccc1N1CC(C(=O)NCC(C)C)CC1=O. The van der Waals surface area contributed by atoms with Gasteiger partial charge in [-0.1, -0.05) is 26.0 Å². The van der Waals surface area contributed by atoms with Crippen LogP contribution in [0.3, 0.4) is 0 Å². The average molecular weight is 332 g/mol. The number of ether oxygens (including phenoxy) is 1. The molecule has 1 aromatic rings. The summed E-state index contributed by atoms with van der Waals surface area (Å²) < 4.78 is 5.05. The van der Waals surface area contributed by atoms with Gasteiger partial charge < -0.3 is 15.0 Å². The Morgan fingerprint density at radius 2 is 2.04 bits per heavy atom. The van der Waals surface area contributed by atoms with Gasteiger partial charge in [-0.05, 0) is 25.0 Å². The van der Waals surface area contributed by atoms with Crippen LogP contribution in [0.2, 0.25) is 0 Å². The lowest BCUT2D eigenvalue weighted by molar-refractivity contribution is -0.126. The average Bonchev–Trinajstić information content (AvgIpc) is 2.94. The maximum absolute atomic E-state index is 12.4. The van der Waals surface area contributed by atoms with Gasteiger partial charge in [0.15, 0.2) is 0 Å². The van der Waals surface area contributed by atoms with E-state index in [0.717, 1.165) is 0 Å². The summed E-state index contributed by atoms with van der Waals surface area (Å²) in [4.78, 5) is 38.2. The number of esters is 1. The van der Waals surface area contributed by atoms with Crippen molar-refractivity contribution in [3.8, 4) is 0 Å². The third-order valence-corrected chi connectivity index (χ3v) is 3.87. The number of carbonyl (C=O) groups is 3. The molecule has 6 heteroatoms. The molecule has 1 unspecified atom stereocenters. The third-order valence-electron chi connectivity index (χ3n) is 3.87. The van der Waals surface area contributed by atoms with Gasteiger partial charge in [-0.2, -0.15) is 0 Å². The Labute approximate surface area is 142 Å². The molecule has 0 radical (unpaired) electrons. The maximum atomic E-state index is 12.4. The molecule has 1 saturated heterocycles. The Hall–Kier alpha value is -2.37. The van der Waals surface area contributed by atoms with E-state index in [4.69, 9.17) is 4.74 Å². The molecule has 0 aliphatic carbocycles. The fraction of sp³-hybridized carbons (Fsp3) is 0.500. The highest BCUT2D eigenvalue weighted by Gasteiger charge is 2.36. The second kappa shape index (κ2) is 7.95. The zero-order chi connectivity index (χ0) is 17.7. The normalized spacial score (nSPS) is 17.2. The summed E-state index contributed by atoms with van der Waals surface area (Å²) >= 11 is 0. The summed E-state index contributed by atoms with van der Waals surface area (Å²) in [5.41, 5.74) is 0.844. The smallest absolute Gasteiger partial charge is 0.340 e. The van der Waals surface area contributed by atoms with Crippen LogP contribution >= 0.6 is 0 Å². The van der Waals surface area contributed by atoms with Crippen molar-refractivity contribution in [1.29, 1.82) is 0 Å². The van der Waals surface area contributed by atoms with Gasteiger partial charge in [0, 0.05) is 19.5 Å². The highest BCUT2D eigenvalue weighted by Crippen LogP contribution is 2.28. The fourth-order valence-electron chi connectivity index (χ4n) is 2.66. The van der Waals surface area contributed by atoms with E-state index >= 15 is 0 Å². The van der Waals surface area contributed by atoms with Gasteiger partial charge in [0.25, 0.3) is 0 Å². The van der Waals surface area contributed by atoms with Gasteiger partial charge in [-0.15, -0.1) is 0 Å². The predicted octanol–water partition coefficient (Wildman–Crippen LogP) is 1.99. The highest BCUT2D eigenvalue weighted by molar-refractivity contribution is 6.05. The molecule has 1 heterocycles. The second-order valence-electron chi connectivity index (χ2n) is 6.28. The zero-order valence-corrected chi connectivity index (χ0v) is 14.4. The van der Waals surface area contributed by atoms with E-state index in [1.54, 1.807) is 31.2 Å². The van der Waals surface area contributed by atoms with Crippen LogP contribution in [-0.2, 0) is 14.3 Å². The van der Waals surface area contributed by atoms with Gasteiger partial charge >= 0.3 is 5.97 Å². The molecule has 130 valence electrons. The van der Waals surface area contributed by atoms with Crippen LogP contribution in [0.1, 0.15) is 37.6 Å². The van der Waals surface area contributed by atoms with Crippen molar-refractivity contribution in [3.05, 3.63) is 29.8 Å². The lowest BCUT2D eigenvalue weighted by atomic mass is 10.1. The summed E-state index contributed by atoms with van der Waals surface area (Å²) in [6.45, 7) is 6.89. The van der Waals surface area contributed by atoms with E-state index in [0.29, 0.717) is 23.7 Å². The molecule has 2 rings (SSSR count). The lowest BCUT2D eigenvalue weighted by Crippen LogP contribution is -2.35. The first-order valence-electron chi connectivity index (χ1n) is 8.28. The summed E-state index contributed by atoms with van der Waals surface area (Å²) in [7, 11) is 0. The van der Waals surface area contributed by atoms with Gasteiger partial charge in [0.2, 0.25) is 11.8 Å². The van der Waals surface area contributed by atoms with E-state index in [1.165, 1.54) is 4.90 Å². The topological polar surface area (TPSA) is 75.7 Å². The molecular weight excluding hydrogens is 308 g/mol. The summed E-state index contributed by atoms with van der Waals surface area (Å²) in [5.74, 6) is -0.781. The molecule has 1 atom stereocenters. The standard InChI is InChI=1S/C18H24N2O4/c1-4-24-18(23)14-7-5-6-8-15(14)20-11-13(9-16(20)21)17(22)19-10-12(2)3/h5-8,12-13H,4,9-11H2,1-3H3,(H,19,22). The van der Waals surface area contributed by atoms with Crippen molar-refractivity contribution < 1.29 is 19.1 Å². The molecule has 1 N–H and O–H groups in total. The molecule has 24 heavy (non-hydrogen) atoms. The monoisotopic (exact) mass is 332 g/mol. The number of carbonyl (C=O) groups excluding carboxylic acids is 3. The number of nitrogens with zero attached hydrogens (tertiary/aromatic N) is 1. The van der Waals surface area contributed by atoms with Crippen molar-refractivity contribution in [3.63, 3.8) is 0 Å². The van der Waals surface area contributed by atoms with Crippen LogP contribution < -0.4 is 10.2 Å². The van der Waals surface area contributed by atoms with Crippen molar-refractivity contribution in [2.45, 2.75) is 27.2 Å². The quantitative estimate of drug-likeness (QED) is 0.808. The van der Waals surface area contributed by atoms with Crippen LogP contribution in [0.4, 0.5) is 5.69 Å². The van der Waals surface area contributed by atoms with Crippen molar-refractivity contribution in [2.75, 3.05) is 24.6 Å². The molecule has 0 saturated carbocycles. The van der Waals surface area contributed by atoms with Crippen molar-refractivity contribution in [1.82, 2.24) is 5.32 Å². The van der Waals surface area contributed by atoms with Crippen LogP contribution in [0.25, 0.3) is 0 Å². The summed E-state index contributed by atoms with van der Waals surface area (Å²) in [6, 6.07) is 6.83. The highest BCUT2D eigenvalue weighted by atomic mass is 16.5. The van der Waals surface area contributed by atoms with Crippen molar-refractivity contribution in [2.24, 2.45) is 11.8 Å². The Morgan fingerprint density at radius 3 is 2.71 bits per heavy atom. The number of nitrogens with one attached hydrogen (secondary N) is 1. The third kappa shape index (κ3) is 4.13. The second-order valence-corrected chi connectivity index (χ2v) is 6.28. The molecule has 0 spiro atoms. The lowest BCUT2D eigenvalue weighted by Gasteiger charge is -2.19. The van der Waals surface area contributed by atoms with Gasteiger partial charge in [0.05, 0.1) is 23.8 Å². The Bertz CT molecular complexity index is 627. The minimum atomic E-state index is -0.464. The number of benzene rings is 1. The fourth-order valence-corrected chi connectivity index (χ4v) is 2.66. The largest absolute Gasteiger partial charge is 0.462 e. The molecular formula is C18H24N2O4. The van der Waals surface area contributed by atoms with E-state index in [1.807, 2.05) is 13.8 Å². The molecule has 1 aliphatic heterocycles. The van der Waals surface area contributed by atoms with Crippen molar-refractivity contribution >= 4 is 23.5 Å². The minimum absolute atomic E-state index is 0.117. The predicted molar refractivity (Wildman–Crippen MR) is 90.7 cm³/mol. The number of hydrogen-bond acceptors (Lipinski definition) is 4. The number of para-hydroxylation sites is 1. The molecule has 6 nitrogen and oxygen atoms in total. The van der Waals surface area contributed by atoms with E-state index in [-0.39, 0.29) is 31.4 Å². The van der Waals surface area contributed by atoms with Crippen LogP contribution in [0.5, 0.6) is 0 Å². The molecule has 1 aromatic carbocycles. The first-order valence-corrected chi connectivity index (χ1v) is 8.28. The maximum Gasteiger partial charge on any atom is 0.340 e. The number of amides is 2. The van der Waals surface area contributed by atoms with Crippen LogP contribution in [0.15, 0.2) is 24.3 Å². The summed E-state index contributed by atoms with van der Waals surface area (Å²) in [6.07, 6.45) is 0.154. The van der Waals surface area contributed by atoms with Crippen LogP contribution in [0, 0.1) is 11.8 Å². The Balaban J connectivity index is 2.15. The molecule has 1 aliphatic rings. The number of anilines is 1. The molecule has 0 bridgehead atoms. The van der Waals surface area contributed by atoms with Crippen LogP contribution in [-0.4, -0.2) is 37.5 Å². The van der Waals surface area contributed by atoms with Gasteiger partial charge in [0.1, 0.15) is 0 Å². The zero-order valence-electron chi connectivity index (χ0n) is 14.4. The molecule has 0 aromatic heterocycles. The first kappa shape index (κ1) is 18.0. The summed E-state index contributed by atoms with van der Waals surface area (Å²) in [5, 5.41) is 2.86. The van der Waals surface area contributed by atoms with E-state index < -0.39 is 11.9 Å². The molecule has 2 amide bonds. The first-order chi connectivity index (χ1) is 11.4. The van der Waals surface area contributed by atoms with E-state index in [2.05, 4.69) is 5.32 Å². The van der Waals surface area contributed by atoms with E-state index in [9.17, 15) is 14.4 Å².